The number of carbonyl (C=O) groups excluding carboxylic acids is 1. The van der Waals surface area contributed by atoms with Crippen molar-refractivity contribution in [3.05, 3.63) is 61.9 Å². The van der Waals surface area contributed by atoms with Gasteiger partial charge in [0.15, 0.2) is 6.29 Å². The molecule has 8 heteroatoms. The van der Waals surface area contributed by atoms with E-state index < -0.39 is 0 Å². The SMILES string of the molecule is C.Cc1c(F)cc(Br)c(C=O)c1Br.Cc1c(F)cc(Br)c(I)c1Br. The third-order valence-electron chi connectivity index (χ3n) is 2.90. The van der Waals surface area contributed by atoms with Crippen molar-refractivity contribution in [2.75, 3.05) is 0 Å². The lowest BCUT2D eigenvalue weighted by Gasteiger charge is -2.04. The average Bonchev–Trinajstić information content (AvgIpc) is 2.50. The Hall–Kier alpha value is 0.620. The molecule has 0 heterocycles. The van der Waals surface area contributed by atoms with Crippen LogP contribution in [0.2, 0.25) is 0 Å². The van der Waals surface area contributed by atoms with Crippen LogP contribution in [0.15, 0.2) is 30.0 Å². The Balaban J connectivity index is 0.000000425. The molecule has 0 aromatic heterocycles. The minimum atomic E-state index is -0.334. The minimum absolute atomic E-state index is 0. The van der Waals surface area contributed by atoms with Gasteiger partial charge in [-0.05, 0) is 118 Å². The topological polar surface area (TPSA) is 17.1 Å². The summed E-state index contributed by atoms with van der Waals surface area (Å²) in [7, 11) is 0. The lowest BCUT2D eigenvalue weighted by Crippen LogP contribution is -1.92. The van der Waals surface area contributed by atoms with Crippen molar-refractivity contribution in [1.29, 1.82) is 0 Å². The summed E-state index contributed by atoms with van der Waals surface area (Å²) in [6.07, 6.45) is 0.681. The molecule has 0 aliphatic carbocycles. The molecule has 0 N–H and O–H groups in total. The van der Waals surface area contributed by atoms with Crippen molar-refractivity contribution in [3.8, 4) is 0 Å². The van der Waals surface area contributed by atoms with Gasteiger partial charge in [-0.25, -0.2) is 8.78 Å². The van der Waals surface area contributed by atoms with Gasteiger partial charge in [0.1, 0.15) is 11.6 Å². The van der Waals surface area contributed by atoms with E-state index in [9.17, 15) is 13.6 Å². The predicted octanol–water partition coefficient (Wildman–Crippen LogP) is 8.37. The first kappa shape index (κ1) is 24.6. The standard InChI is InChI=1S/C8H5Br2FO.C7H4Br2FI.CH4/c1-4-7(11)2-6(9)5(3-12)8(4)10;1-3-5(10)2-4(8)7(11)6(3)9;/h2-3H,1H3;2H,1H3;1H4. The molecule has 0 saturated heterocycles. The fourth-order valence-corrected chi connectivity index (χ4v) is 4.36. The van der Waals surface area contributed by atoms with Gasteiger partial charge in [-0.3, -0.25) is 4.79 Å². The molecular weight excluding hydrogens is 693 g/mol. The molecule has 2 aromatic carbocycles. The summed E-state index contributed by atoms with van der Waals surface area (Å²) in [6.45, 7) is 3.35. The molecule has 24 heavy (non-hydrogen) atoms. The highest BCUT2D eigenvalue weighted by molar-refractivity contribution is 14.1. The van der Waals surface area contributed by atoms with Gasteiger partial charge >= 0.3 is 0 Å². The zero-order valence-electron chi connectivity index (χ0n) is 11.8. The Labute approximate surface area is 187 Å². The molecule has 0 unspecified atom stereocenters. The van der Waals surface area contributed by atoms with Crippen LogP contribution in [0.1, 0.15) is 28.9 Å². The van der Waals surface area contributed by atoms with Gasteiger partial charge < -0.3 is 0 Å². The minimum Gasteiger partial charge on any atom is -0.298 e. The smallest absolute Gasteiger partial charge is 0.152 e. The van der Waals surface area contributed by atoms with Gasteiger partial charge in [0, 0.05) is 32.6 Å². The first-order chi connectivity index (χ1) is 10.6. The summed E-state index contributed by atoms with van der Waals surface area (Å²) in [5.41, 5.74) is 1.53. The second-order valence-corrected chi connectivity index (χ2v) is 8.78. The first-order valence-corrected chi connectivity index (χ1v) is 10.3. The van der Waals surface area contributed by atoms with Crippen molar-refractivity contribution in [3.63, 3.8) is 0 Å². The summed E-state index contributed by atoms with van der Waals surface area (Å²) in [5, 5.41) is 0. The summed E-state index contributed by atoms with van der Waals surface area (Å²) in [6, 6.07) is 2.76. The van der Waals surface area contributed by atoms with Crippen LogP contribution in [-0.4, -0.2) is 6.29 Å². The summed E-state index contributed by atoms with van der Waals surface area (Å²) in [5.74, 6) is -0.525. The molecule has 0 saturated carbocycles. The highest BCUT2D eigenvalue weighted by atomic mass is 127. The second kappa shape index (κ2) is 10.7. The Morgan fingerprint density at radius 2 is 1.33 bits per heavy atom. The maximum absolute atomic E-state index is 13.0. The third-order valence-corrected chi connectivity index (χ3v) is 8.79. The van der Waals surface area contributed by atoms with Crippen LogP contribution in [0, 0.1) is 29.1 Å². The number of hydrogen-bond donors (Lipinski definition) is 0. The number of rotatable bonds is 1. The molecule has 1 nitrogen and oxygen atoms in total. The highest BCUT2D eigenvalue weighted by Crippen LogP contribution is 2.31. The van der Waals surface area contributed by atoms with E-state index in [0.29, 0.717) is 31.9 Å². The highest BCUT2D eigenvalue weighted by Gasteiger charge is 2.11. The van der Waals surface area contributed by atoms with Crippen molar-refractivity contribution in [1.82, 2.24) is 0 Å². The number of hydrogen-bond acceptors (Lipinski definition) is 1. The molecule has 2 aromatic rings. The summed E-state index contributed by atoms with van der Waals surface area (Å²) >= 11 is 14.9. The zero-order chi connectivity index (χ0) is 17.9. The van der Waals surface area contributed by atoms with Crippen molar-refractivity contribution < 1.29 is 13.6 Å². The van der Waals surface area contributed by atoms with Crippen molar-refractivity contribution >= 4 is 92.6 Å². The van der Waals surface area contributed by atoms with E-state index in [1.165, 1.54) is 12.1 Å². The van der Waals surface area contributed by atoms with Crippen LogP contribution >= 0.6 is 86.3 Å². The van der Waals surface area contributed by atoms with E-state index in [1.54, 1.807) is 13.8 Å². The molecule has 0 bridgehead atoms. The largest absolute Gasteiger partial charge is 0.298 e. The van der Waals surface area contributed by atoms with Gasteiger partial charge in [-0.1, -0.05) is 7.43 Å². The number of benzene rings is 2. The quantitative estimate of drug-likeness (QED) is 0.126. The second-order valence-electron chi connectivity index (χ2n) is 4.40. The van der Waals surface area contributed by atoms with Gasteiger partial charge in [-0.2, -0.15) is 0 Å². The van der Waals surface area contributed by atoms with Gasteiger partial charge in [0.2, 0.25) is 0 Å². The monoisotopic (exact) mass is 702 g/mol. The summed E-state index contributed by atoms with van der Waals surface area (Å²) < 4.78 is 29.5. The van der Waals surface area contributed by atoms with Crippen LogP contribution in [0.25, 0.3) is 0 Å². The molecule has 0 spiro atoms. The molecule has 0 aliphatic heterocycles. The van der Waals surface area contributed by atoms with Gasteiger partial charge in [0.25, 0.3) is 0 Å². The Morgan fingerprint density at radius 1 is 0.917 bits per heavy atom. The zero-order valence-corrected chi connectivity index (χ0v) is 20.3. The lowest BCUT2D eigenvalue weighted by atomic mass is 10.1. The van der Waals surface area contributed by atoms with Gasteiger partial charge in [-0.15, -0.1) is 0 Å². The first-order valence-electron chi connectivity index (χ1n) is 6.00. The van der Waals surface area contributed by atoms with Crippen LogP contribution in [-0.2, 0) is 0 Å². The maximum Gasteiger partial charge on any atom is 0.152 e. The molecule has 0 atom stereocenters. The molecule has 0 aliphatic rings. The van der Waals surface area contributed by atoms with E-state index in [2.05, 4.69) is 86.3 Å². The number of aldehydes is 1. The Kier molecular flexibility index (Phi) is 11.0. The van der Waals surface area contributed by atoms with E-state index in [0.717, 1.165) is 12.5 Å². The predicted molar refractivity (Wildman–Crippen MR) is 118 cm³/mol. The Morgan fingerprint density at radius 3 is 1.79 bits per heavy atom. The Bertz CT molecular complexity index is 740. The fraction of sp³-hybridized carbons (Fsp3) is 0.188. The van der Waals surface area contributed by atoms with Crippen molar-refractivity contribution in [2.45, 2.75) is 21.3 Å². The van der Waals surface area contributed by atoms with Crippen LogP contribution in [0.5, 0.6) is 0 Å². The molecule has 132 valence electrons. The lowest BCUT2D eigenvalue weighted by molar-refractivity contribution is 0.112. The van der Waals surface area contributed by atoms with E-state index in [4.69, 9.17) is 0 Å². The molecule has 0 fully saturated rings. The van der Waals surface area contributed by atoms with Crippen LogP contribution in [0.4, 0.5) is 8.78 Å². The number of carbonyl (C=O) groups is 1. The van der Waals surface area contributed by atoms with E-state index in [-0.39, 0.29) is 19.1 Å². The van der Waals surface area contributed by atoms with Gasteiger partial charge in [0.05, 0.1) is 0 Å². The summed E-state index contributed by atoms with van der Waals surface area (Å²) in [4.78, 5) is 10.5. The fourth-order valence-electron chi connectivity index (χ4n) is 1.47. The van der Waals surface area contributed by atoms with E-state index in [1.807, 2.05) is 0 Å². The molecule has 0 radical (unpaired) electrons. The molecular formula is C16H13Br4F2IO. The third kappa shape index (κ3) is 5.82. The normalized spacial score (nSPS) is 9.71. The van der Waals surface area contributed by atoms with Crippen LogP contribution in [0.3, 0.4) is 0 Å². The average molecular weight is 706 g/mol. The van der Waals surface area contributed by atoms with Crippen molar-refractivity contribution in [2.24, 2.45) is 0 Å². The molecule has 0 amide bonds. The van der Waals surface area contributed by atoms with E-state index >= 15 is 0 Å². The molecule has 2 rings (SSSR count). The number of halogens is 7. The maximum atomic E-state index is 13.0. The van der Waals surface area contributed by atoms with Crippen LogP contribution < -0.4 is 0 Å².